The summed E-state index contributed by atoms with van der Waals surface area (Å²) in [6.45, 7) is 0. The fourth-order valence-corrected chi connectivity index (χ4v) is 3.21. The number of methoxy groups -OCH3 is 1. The molecule has 134 valence electrons. The third-order valence-corrected chi connectivity index (χ3v) is 4.62. The molecule has 2 aromatic heterocycles. The van der Waals surface area contributed by atoms with Gasteiger partial charge in [-0.1, -0.05) is 5.21 Å². The van der Waals surface area contributed by atoms with E-state index in [1.54, 1.807) is 18.0 Å². The predicted molar refractivity (Wildman–Crippen MR) is 93.4 cm³/mol. The van der Waals surface area contributed by atoms with Gasteiger partial charge in [0.1, 0.15) is 5.75 Å². The number of hydrogen-bond acceptors (Lipinski definition) is 7. The Morgan fingerprint density at radius 1 is 1.31 bits per heavy atom. The van der Waals surface area contributed by atoms with Crippen LogP contribution in [0.1, 0.15) is 19.3 Å². The van der Waals surface area contributed by atoms with Crippen molar-refractivity contribution in [1.29, 1.82) is 0 Å². The molecule has 0 unspecified atom stereocenters. The van der Waals surface area contributed by atoms with Gasteiger partial charge in [0, 0.05) is 6.04 Å². The van der Waals surface area contributed by atoms with Crippen molar-refractivity contribution in [2.45, 2.75) is 25.3 Å². The van der Waals surface area contributed by atoms with Gasteiger partial charge in [0.25, 0.3) is 0 Å². The second-order valence-corrected chi connectivity index (χ2v) is 6.29. The Hall–Kier alpha value is -3.23. The first kappa shape index (κ1) is 16.2. The molecule has 1 aliphatic carbocycles. The molecule has 9 nitrogen and oxygen atoms in total. The van der Waals surface area contributed by atoms with Crippen LogP contribution in [-0.2, 0) is 4.79 Å². The van der Waals surface area contributed by atoms with Crippen LogP contribution in [0.2, 0.25) is 0 Å². The van der Waals surface area contributed by atoms with Gasteiger partial charge >= 0.3 is 5.97 Å². The van der Waals surface area contributed by atoms with Crippen molar-refractivity contribution in [2.24, 2.45) is 5.92 Å². The molecule has 2 atom stereocenters. The van der Waals surface area contributed by atoms with Crippen LogP contribution < -0.4 is 10.1 Å². The van der Waals surface area contributed by atoms with Gasteiger partial charge in [-0.2, -0.15) is 9.67 Å². The zero-order valence-corrected chi connectivity index (χ0v) is 14.2. The van der Waals surface area contributed by atoms with Gasteiger partial charge in [-0.15, -0.1) is 5.10 Å². The summed E-state index contributed by atoms with van der Waals surface area (Å²) in [4.78, 5) is 19.9. The van der Waals surface area contributed by atoms with Crippen LogP contribution in [0.5, 0.6) is 5.75 Å². The summed E-state index contributed by atoms with van der Waals surface area (Å²) >= 11 is 0. The molecule has 2 heterocycles. The number of hydrogen-bond donors (Lipinski definition) is 2. The van der Waals surface area contributed by atoms with Gasteiger partial charge < -0.3 is 15.2 Å². The molecule has 0 radical (unpaired) electrons. The van der Waals surface area contributed by atoms with Crippen molar-refractivity contribution < 1.29 is 14.6 Å². The maximum absolute atomic E-state index is 11.1. The Bertz CT molecular complexity index is 939. The number of carbonyl (C=O) groups is 1. The summed E-state index contributed by atoms with van der Waals surface area (Å²) in [5.41, 5.74) is 1.98. The lowest BCUT2D eigenvalue weighted by Gasteiger charge is -2.12. The average Bonchev–Trinajstić information content (AvgIpc) is 3.29. The molecule has 3 aromatic rings. The Labute approximate surface area is 149 Å². The molecule has 1 fully saturated rings. The van der Waals surface area contributed by atoms with Crippen molar-refractivity contribution in [3.8, 4) is 11.4 Å². The van der Waals surface area contributed by atoms with E-state index in [0.717, 1.165) is 17.9 Å². The Balaban J connectivity index is 1.59. The monoisotopic (exact) mass is 354 g/mol. The largest absolute Gasteiger partial charge is 0.497 e. The molecule has 26 heavy (non-hydrogen) atoms. The number of aliphatic carboxylic acids is 1. The van der Waals surface area contributed by atoms with Crippen LogP contribution in [0.3, 0.4) is 0 Å². The van der Waals surface area contributed by atoms with Gasteiger partial charge in [0.05, 0.1) is 24.9 Å². The predicted octanol–water partition coefficient (Wildman–Crippen LogP) is 1.88. The molecule has 4 rings (SSSR count). The Morgan fingerprint density at radius 2 is 2.12 bits per heavy atom. The van der Waals surface area contributed by atoms with E-state index < -0.39 is 5.97 Å². The summed E-state index contributed by atoms with van der Waals surface area (Å²) in [6.07, 6.45) is 3.64. The lowest BCUT2D eigenvalue weighted by atomic mass is 10.1. The number of carboxylic acids is 1. The maximum Gasteiger partial charge on any atom is 0.306 e. The second-order valence-electron chi connectivity index (χ2n) is 6.29. The highest BCUT2D eigenvalue weighted by atomic mass is 16.5. The molecule has 9 heteroatoms. The van der Waals surface area contributed by atoms with Gasteiger partial charge in [0.2, 0.25) is 5.95 Å². The Morgan fingerprint density at radius 3 is 2.81 bits per heavy atom. The van der Waals surface area contributed by atoms with Crippen LogP contribution in [0, 0.1) is 5.92 Å². The van der Waals surface area contributed by atoms with E-state index in [9.17, 15) is 4.79 Å². The number of anilines is 1. The number of carboxylic acid groups (broad SMARTS) is 1. The standard InChI is InChI=1S/C17H18N6O3/c1-26-13-6-4-12(5-7-13)23-15-14(21-22-23)9-18-17(20-15)19-11-3-2-10(8-11)16(24)25/h4-7,9-11H,2-3,8H2,1H3,(H,24,25)(H,18,19,20)/t10-,11-/m0/s1. The van der Waals surface area contributed by atoms with Gasteiger partial charge in [-0.05, 0) is 43.5 Å². The van der Waals surface area contributed by atoms with Gasteiger partial charge in [0.15, 0.2) is 11.2 Å². The van der Waals surface area contributed by atoms with E-state index in [-0.39, 0.29) is 12.0 Å². The maximum atomic E-state index is 11.1. The molecule has 0 bridgehead atoms. The quantitative estimate of drug-likeness (QED) is 0.714. The van der Waals surface area contributed by atoms with Crippen LogP contribution in [0.25, 0.3) is 16.9 Å². The molecular formula is C17H18N6O3. The third kappa shape index (κ3) is 3.03. The summed E-state index contributed by atoms with van der Waals surface area (Å²) in [7, 11) is 1.61. The zero-order chi connectivity index (χ0) is 18.1. The zero-order valence-electron chi connectivity index (χ0n) is 14.2. The van der Waals surface area contributed by atoms with Gasteiger partial charge in [-0.25, -0.2) is 4.98 Å². The van der Waals surface area contributed by atoms with Crippen LogP contribution in [0.15, 0.2) is 30.5 Å². The summed E-state index contributed by atoms with van der Waals surface area (Å²) in [5, 5.41) is 20.6. The molecule has 1 saturated carbocycles. The number of aromatic nitrogens is 5. The highest BCUT2D eigenvalue weighted by Crippen LogP contribution is 2.28. The lowest BCUT2D eigenvalue weighted by Crippen LogP contribution is -2.19. The van der Waals surface area contributed by atoms with Crippen LogP contribution >= 0.6 is 0 Å². The molecule has 2 N–H and O–H groups in total. The topological polar surface area (TPSA) is 115 Å². The first-order chi connectivity index (χ1) is 12.6. The number of nitrogens with one attached hydrogen (secondary N) is 1. The summed E-state index contributed by atoms with van der Waals surface area (Å²) in [5.74, 6) is 0.158. The van der Waals surface area contributed by atoms with Crippen molar-refractivity contribution in [2.75, 3.05) is 12.4 Å². The van der Waals surface area contributed by atoms with Crippen molar-refractivity contribution >= 4 is 23.1 Å². The van der Waals surface area contributed by atoms with Gasteiger partial charge in [-0.3, -0.25) is 4.79 Å². The molecule has 0 aliphatic heterocycles. The normalized spacial score (nSPS) is 19.6. The van der Waals surface area contributed by atoms with Crippen LogP contribution in [0.4, 0.5) is 5.95 Å². The van der Waals surface area contributed by atoms with E-state index >= 15 is 0 Å². The van der Waals surface area contributed by atoms with Crippen molar-refractivity contribution in [3.05, 3.63) is 30.5 Å². The van der Waals surface area contributed by atoms with E-state index in [1.807, 2.05) is 24.3 Å². The number of benzene rings is 1. The van der Waals surface area contributed by atoms with Crippen LogP contribution in [-0.4, -0.2) is 49.2 Å². The number of nitrogens with zero attached hydrogens (tertiary/aromatic N) is 5. The fraction of sp³-hybridized carbons (Fsp3) is 0.353. The number of fused-ring (bicyclic) bond motifs is 1. The smallest absolute Gasteiger partial charge is 0.306 e. The van der Waals surface area contributed by atoms with E-state index in [1.165, 1.54) is 0 Å². The molecule has 0 spiro atoms. The average molecular weight is 354 g/mol. The molecule has 0 amide bonds. The fourth-order valence-electron chi connectivity index (χ4n) is 3.21. The van der Waals surface area contributed by atoms with E-state index in [0.29, 0.717) is 30.0 Å². The molecule has 1 aromatic carbocycles. The SMILES string of the molecule is COc1ccc(-n2nnc3cnc(N[C@H]4CC[C@H](C(=O)O)C4)nc32)cc1. The first-order valence-corrected chi connectivity index (χ1v) is 8.36. The number of rotatable bonds is 5. The summed E-state index contributed by atoms with van der Waals surface area (Å²) in [6, 6.07) is 7.48. The van der Waals surface area contributed by atoms with Crippen molar-refractivity contribution in [3.63, 3.8) is 0 Å². The minimum atomic E-state index is -0.743. The number of ether oxygens (including phenoxy) is 1. The van der Waals surface area contributed by atoms with Crippen molar-refractivity contribution in [1.82, 2.24) is 25.0 Å². The Kier molecular flexibility index (Phi) is 4.11. The first-order valence-electron chi connectivity index (χ1n) is 8.36. The minimum Gasteiger partial charge on any atom is -0.497 e. The highest BCUT2D eigenvalue weighted by Gasteiger charge is 2.30. The molecule has 1 aliphatic rings. The summed E-state index contributed by atoms with van der Waals surface area (Å²) < 4.78 is 6.81. The third-order valence-electron chi connectivity index (χ3n) is 4.62. The van der Waals surface area contributed by atoms with E-state index in [4.69, 9.17) is 9.84 Å². The molecule has 0 saturated heterocycles. The highest BCUT2D eigenvalue weighted by molar-refractivity contribution is 5.72. The molecular weight excluding hydrogens is 336 g/mol. The minimum absolute atomic E-state index is 0.0545. The lowest BCUT2D eigenvalue weighted by molar-refractivity contribution is -0.141. The van der Waals surface area contributed by atoms with E-state index in [2.05, 4.69) is 25.6 Å². The second kappa shape index (κ2) is 6.58.